The maximum Gasteiger partial charge on any atom is 0.227 e. The Balaban J connectivity index is 0.000000374. The lowest BCUT2D eigenvalue weighted by atomic mass is 9.96. The molecule has 3 N–H and O–H groups in total. The SMILES string of the molecule is NS(=O)[O-].O=S(NC(=NC1CCCCC1)N1CCC(c2ccc(Cl)cc2)=N1)c1ccc(Cl)cc1.c1ccccc1. The van der Waals surface area contributed by atoms with Gasteiger partial charge in [0.25, 0.3) is 0 Å². The van der Waals surface area contributed by atoms with Gasteiger partial charge in [-0.15, -0.1) is 0 Å². The largest absolute Gasteiger partial charge is 0.760 e. The summed E-state index contributed by atoms with van der Waals surface area (Å²) in [6.45, 7) is 0.689. The Labute approximate surface area is 250 Å². The highest BCUT2D eigenvalue weighted by atomic mass is 35.5. The minimum absolute atomic E-state index is 0.234. The zero-order valence-electron chi connectivity index (χ0n) is 21.8. The predicted molar refractivity (Wildman–Crippen MR) is 164 cm³/mol. The fourth-order valence-corrected chi connectivity index (χ4v) is 5.15. The zero-order chi connectivity index (χ0) is 28.7. The van der Waals surface area contributed by atoms with E-state index < -0.39 is 22.3 Å². The van der Waals surface area contributed by atoms with Crippen LogP contribution in [0.3, 0.4) is 0 Å². The fourth-order valence-electron chi connectivity index (χ4n) is 4.07. The van der Waals surface area contributed by atoms with Crippen LogP contribution in [0.2, 0.25) is 10.0 Å². The van der Waals surface area contributed by atoms with E-state index in [0.29, 0.717) is 27.4 Å². The molecule has 0 radical (unpaired) electrons. The second-order valence-electron chi connectivity index (χ2n) is 8.91. The van der Waals surface area contributed by atoms with Gasteiger partial charge in [-0.05, 0) is 54.8 Å². The molecule has 3 aromatic rings. The number of rotatable bonds is 4. The van der Waals surface area contributed by atoms with Crippen molar-refractivity contribution in [1.82, 2.24) is 9.73 Å². The Morgan fingerprint density at radius 1 is 0.900 bits per heavy atom. The Hall–Kier alpha value is -2.60. The minimum atomic E-state index is -2.36. The van der Waals surface area contributed by atoms with Crippen LogP contribution in [0.25, 0.3) is 0 Å². The fraction of sp³-hybridized carbons (Fsp3) is 0.286. The van der Waals surface area contributed by atoms with Crippen molar-refractivity contribution in [3.05, 3.63) is 101 Å². The van der Waals surface area contributed by atoms with Crippen LogP contribution in [0.4, 0.5) is 0 Å². The lowest BCUT2D eigenvalue weighted by Gasteiger charge is -2.23. The molecule has 1 aliphatic heterocycles. The third kappa shape index (κ3) is 11.5. The highest BCUT2D eigenvalue weighted by Crippen LogP contribution is 2.22. The maximum atomic E-state index is 12.9. The van der Waals surface area contributed by atoms with E-state index in [-0.39, 0.29) is 6.04 Å². The van der Waals surface area contributed by atoms with Crippen LogP contribution < -0.4 is 9.86 Å². The molecule has 40 heavy (non-hydrogen) atoms. The first kappa shape index (κ1) is 31.9. The number of halogens is 2. The number of nitrogens with two attached hydrogens (primary N) is 1. The van der Waals surface area contributed by atoms with Crippen LogP contribution in [0.5, 0.6) is 0 Å². The molecule has 1 fully saturated rings. The molecule has 2 aliphatic rings. The van der Waals surface area contributed by atoms with E-state index in [4.69, 9.17) is 42.1 Å². The van der Waals surface area contributed by atoms with Gasteiger partial charge in [-0.3, -0.25) is 14.1 Å². The zero-order valence-corrected chi connectivity index (χ0v) is 25.0. The summed E-state index contributed by atoms with van der Waals surface area (Å²) >= 11 is 9.61. The molecule has 0 bridgehead atoms. The van der Waals surface area contributed by atoms with E-state index in [9.17, 15) is 4.21 Å². The highest BCUT2D eigenvalue weighted by Gasteiger charge is 2.24. The Morgan fingerprint density at radius 2 is 1.40 bits per heavy atom. The summed E-state index contributed by atoms with van der Waals surface area (Å²) < 4.78 is 33.6. The molecule has 8 nitrogen and oxygen atoms in total. The van der Waals surface area contributed by atoms with E-state index in [1.54, 1.807) is 24.3 Å². The van der Waals surface area contributed by atoms with Gasteiger partial charge in [0.1, 0.15) is 0 Å². The number of nitrogens with zero attached hydrogens (tertiary/aromatic N) is 3. The van der Waals surface area contributed by atoms with Crippen molar-refractivity contribution in [1.29, 1.82) is 0 Å². The first-order chi connectivity index (χ1) is 19.3. The van der Waals surface area contributed by atoms with E-state index in [1.807, 2.05) is 65.7 Å². The molecule has 0 spiro atoms. The molecule has 2 atom stereocenters. The number of guanidine groups is 1. The van der Waals surface area contributed by atoms with Crippen LogP contribution in [0.15, 0.2) is 99.9 Å². The molecular weight excluding hydrogens is 589 g/mol. The van der Waals surface area contributed by atoms with Crippen molar-refractivity contribution in [3.8, 4) is 0 Å². The molecule has 1 aliphatic carbocycles. The van der Waals surface area contributed by atoms with Gasteiger partial charge in [0.2, 0.25) is 5.96 Å². The van der Waals surface area contributed by atoms with E-state index in [0.717, 1.165) is 30.5 Å². The van der Waals surface area contributed by atoms with Gasteiger partial charge < -0.3 is 4.55 Å². The summed E-state index contributed by atoms with van der Waals surface area (Å²) in [4.78, 5) is 5.58. The van der Waals surface area contributed by atoms with E-state index in [2.05, 4.69) is 9.86 Å². The molecule has 1 heterocycles. The summed E-state index contributed by atoms with van der Waals surface area (Å²) in [6, 6.07) is 26.9. The lowest BCUT2D eigenvalue weighted by Crippen LogP contribution is -2.39. The third-order valence-electron chi connectivity index (χ3n) is 5.98. The topological polar surface area (TPSA) is 123 Å². The van der Waals surface area contributed by atoms with Gasteiger partial charge in [-0.1, -0.05) is 91.0 Å². The van der Waals surface area contributed by atoms with Crippen LogP contribution in [0, 0.1) is 0 Å². The Kier molecular flexibility index (Phi) is 13.8. The molecule has 2 unspecified atom stereocenters. The lowest BCUT2D eigenvalue weighted by molar-refractivity contribution is 0.424. The summed E-state index contributed by atoms with van der Waals surface area (Å²) in [5.41, 5.74) is 2.01. The van der Waals surface area contributed by atoms with Crippen LogP contribution >= 0.6 is 23.2 Å². The first-order valence-electron chi connectivity index (χ1n) is 12.8. The van der Waals surface area contributed by atoms with E-state index >= 15 is 0 Å². The van der Waals surface area contributed by atoms with Gasteiger partial charge in [0.05, 0.1) is 23.2 Å². The standard InChI is InChI=1S/C22H24Cl2N4OS.C6H6.H3NO2S/c23-17-8-6-16(7-9-17)21-14-15-28(26-21)22(25-19-4-2-1-3-5-19)27-30(29)20-12-10-18(24)11-13-20;1-2-4-6-5-3-1;1-4(2)3/h6-13,19H,1-5,14-15H2,(H,25,27);1-6H;1H2,(H,2,3)/p-1. The Bertz CT molecular complexity index is 1260. The van der Waals surface area contributed by atoms with Gasteiger partial charge in [0.15, 0.2) is 11.0 Å². The van der Waals surface area contributed by atoms with Crippen molar-refractivity contribution >= 4 is 57.1 Å². The highest BCUT2D eigenvalue weighted by molar-refractivity contribution is 7.83. The predicted octanol–water partition coefficient (Wildman–Crippen LogP) is 5.83. The Morgan fingerprint density at radius 3 is 1.93 bits per heavy atom. The number of aliphatic imine (C=N–C) groups is 1. The summed E-state index contributed by atoms with van der Waals surface area (Å²) in [7, 11) is -1.45. The van der Waals surface area contributed by atoms with Gasteiger partial charge in [-0.2, -0.15) is 5.10 Å². The molecule has 5 rings (SSSR count). The van der Waals surface area contributed by atoms with E-state index in [1.165, 1.54) is 19.3 Å². The number of benzene rings is 3. The molecule has 0 saturated heterocycles. The number of hydrogen-bond donors (Lipinski definition) is 2. The molecule has 12 heteroatoms. The van der Waals surface area contributed by atoms with Crippen LogP contribution in [0.1, 0.15) is 44.1 Å². The second kappa shape index (κ2) is 17.3. The molecule has 0 aromatic heterocycles. The molecule has 0 amide bonds. The average Bonchev–Trinajstić information content (AvgIpc) is 3.45. The molecular formula is C28H32Cl2N5O3S2-. The first-order valence-corrected chi connectivity index (χ1v) is 15.8. The van der Waals surface area contributed by atoms with Crippen LogP contribution in [-0.4, -0.2) is 42.2 Å². The number of hydrazone groups is 1. The average molecular weight is 622 g/mol. The van der Waals surface area contributed by atoms with Crippen molar-refractivity contribution in [3.63, 3.8) is 0 Å². The van der Waals surface area contributed by atoms with Crippen molar-refractivity contribution in [2.24, 2.45) is 15.2 Å². The van der Waals surface area contributed by atoms with Gasteiger partial charge in [0, 0.05) is 27.7 Å². The minimum Gasteiger partial charge on any atom is -0.760 e. The van der Waals surface area contributed by atoms with Crippen LogP contribution in [-0.2, 0) is 22.3 Å². The third-order valence-corrected chi connectivity index (χ3v) is 7.55. The quantitative estimate of drug-likeness (QED) is 0.216. The summed E-state index contributed by atoms with van der Waals surface area (Å²) in [6.07, 6.45) is 6.53. The number of hydrogen-bond acceptors (Lipinski definition) is 5. The molecule has 1 saturated carbocycles. The van der Waals surface area contributed by atoms with Crippen molar-refractivity contribution in [2.75, 3.05) is 6.54 Å². The smallest absolute Gasteiger partial charge is 0.227 e. The summed E-state index contributed by atoms with van der Waals surface area (Å²) in [5, 5.41) is 12.0. The maximum absolute atomic E-state index is 12.9. The normalized spacial score (nSPS) is 16.9. The van der Waals surface area contributed by atoms with Gasteiger partial charge >= 0.3 is 0 Å². The molecule has 214 valence electrons. The number of nitrogens with one attached hydrogen (secondary N) is 1. The second-order valence-corrected chi connectivity index (χ2v) is 11.5. The van der Waals surface area contributed by atoms with Crippen molar-refractivity contribution < 1.29 is 13.0 Å². The monoisotopic (exact) mass is 620 g/mol. The molecule has 3 aromatic carbocycles. The van der Waals surface area contributed by atoms with Gasteiger partial charge in [-0.25, -0.2) is 14.2 Å². The van der Waals surface area contributed by atoms with Crippen molar-refractivity contribution in [2.45, 2.75) is 49.5 Å². The summed E-state index contributed by atoms with van der Waals surface area (Å²) in [5.74, 6) is 0.569.